The number of likely N-dealkylation sites (tertiary alicyclic amines) is 1. The number of nitrogens with zero attached hydrogens (tertiary/aromatic N) is 1. The van der Waals surface area contributed by atoms with Gasteiger partial charge in [-0.3, -0.25) is 9.69 Å². The highest BCUT2D eigenvalue weighted by atomic mass is 16.5. The highest BCUT2D eigenvalue weighted by Gasteiger charge is 2.32. The number of anilines is 1. The number of ether oxygens (including phenoxy) is 1. The van der Waals surface area contributed by atoms with Crippen LogP contribution in [0.5, 0.6) is 5.75 Å². The van der Waals surface area contributed by atoms with Gasteiger partial charge in [0.05, 0.1) is 18.8 Å². The molecule has 4 nitrogen and oxygen atoms in total. The van der Waals surface area contributed by atoms with Crippen molar-refractivity contribution in [3.8, 4) is 5.75 Å². The number of hydrogen-bond acceptors (Lipinski definition) is 4. The number of nitrogen functional groups attached to an aromatic ring is 1. The van der Waals surface area contributed by atoms with Crippen LogP contribution in [0.1, 0.15) is 50.4 Å². The largest absolute Gasteiger partial charge is 0.495 e. The molecule has 0 bridgehead atoms. The van der Waals surface area contributed by atoms with Crippen molar-refractivity contribution in [2.24, 2.45) is 0 Å². The Balaban J connectivity index is 2.20. The second-order valence-corrected chi connectivity index (χ2v) is 6.07. The molecule has 4 heteroatoms. The van der Waals surface area contributed by atoms with E-state index < -0.39 is 0 Å². The average Bonchev–Trinajstić information content (AvgIpc) is 2.46. The first-order chi connectivity index (χ1) is 9.95. The fraction of sp³-hybridized carbons (Fsp3) is 0.588. The molecule has 1 aliphatic rings. The van der Waals surface area contributed by atoms with Crippen LogP contribution >= 0.6 is 0 Å². The van der Waals surface area contributed by atoms with Crippen LogP contribution in [-0.4, -0.2) is 35.9 Å². The van der Waals surface area contributed by atoms with E-state index in [4.69, 9.17) is 10.5 Å². The summed E-state index contributed by atoms with van der Waals surface area (Å²) in [4.78, 5) is 15.1. The third-order valence-electron chi connectivity index (χ3n) is 4.60. The molecular formula is C17H26N2O2. The predicted octanol–water partition coefficient (Wildman–Crippen LogP) is 3.11. The third-order valence-corrected chi connectivity index (χ3v) is 4.60. The average molecular weight is 290 g/mol. The number of carbonyl (C=O) groups excluding carboxylic acids is 1. The molecule has 1 saturated heterocycles. The molecule has 3 atom stereocenters. The van der Waals surface area contributed by atoms with Crippen LogP contribution in [0.4, 0.5) is 5.69 Å². The predicted molar refractivity (Wildman–Crippen MR) is 85.8 cm³/mol. The number of Topliss-reactive ketones (excluding diaryl/α,β-unsaturated/α-hetero) is 1. The Kier molecular flexibility index (Phi) is 4.88. The van der Waals surface area contributed by atoms with Crippen LogP contribution in [0.2, 0.25) is 0 Å². The van der Waals surface area contributed by atoms with E-state index in [0.29, 0.717) is 29.1 Å². The Bertz CT molecular complexity index is 506. The normalized spacial score (nSPS) is 24.6. The van der Waals surface area contributed by atoms with E-state index in [1.807, 2.05) is 6.92 Å². The molecule has 0 spiro atoms. The molecule has 0 aromatic heterocycles. The van der Waals surface area contributed by atoms with Gasteiger partial charge in [-0.2, -0.15) is 0 Å². The zero-order chi connectivity index (χ0) is 15.6. The summed E-state index contributed by atoms with van der Waals surface area (Å²) < 4.78 is 5.14. The van der Waals surface area contributed by atoms with E-state index in [9.17, 15) is 4.79 Å². The monoisotopic (exact) mass is 290 g/mol. The molecule has 1 fully saturated rings. The first kappa shape index (κ1) is 15.8. The minimum absolute atomic E-state index is 0.122. The zero-order valence-electron chi connectivity index (χ0n) is 13.4. The van der Waals surface area contributed by atoms with Gasteiger partial charge < -0.3 is 10.5 Å². The van der Waals surface area contributed by atoms with Crippen molar-refractivity contribution in [1.29, 1.82) is 0 Å². The van der Waals surface area contributed by atoms with Gasteiger partial charge in [0.25, 0.3) is 0 Å². The van der Waals surface area contributed by atoms with Crippen LogP contribution in [0.25, 0.3) is 0 Å². The first-order valence-corrected chi connectivity index (χ1v) is 7.71. The first-order valence-electron chi connectivity index (χ1n) is 7.71. The highest BCUT2D eigenvalue weighted by molar-refractivity contribution is 6.00. The number of hydrogen-bond donors (Lipinski definition) is 1. The second-order valence-electron chi connectivity index (χ2n) is 6.07. The van der Waals surface area contributed by atoms with Gasteiger partial charge in [0.15, 0.2) is 5.78 Å². The molecule has 3 unspecified atom stereocenters. The summed E-state index contributed by atoms with van der Waals surface area (Å²) in [5.74, 6) is 0.740. The lowest BCUT2D eigenvalue weighted by molar-refractivity contribution is 0.0494. The molecule has 116 valence electrons. The van der Waals surface area contributed by atoms with Gasteiger partial charge in [0, 0.05) is 17.6 Å². The van der Waals surface area contributed by atoms with Gasteiger partial charge in [0.2, 0.25) is 0 Å². The fourth-order valence-corrected chi connectivity index (χ4v) is 3.47. The quantitative estimate of drug-likeness (QED) is 0.684. The van der Waals surface area contributed by atoms with Crippen LogP contribution in [0.3, 0.4) is 0 Å². The summed E-state index contributed by atoms with van der Waals surface area (Å²) in [5, 5.41) is 0. The maximum atomic E-state index is 12.7. The maximum Gasteiger partial charge on any atom is 0.179 e. The molecule has 0 aliphatic carbocycles. The van der Waals surface area contributed by atoms with Gasteiger partial charge in [-0.15, -0.1) is 0 Å². The lowest BCUT2D eigenvalue weighted by atomic mass is 9.93. The van der Waals surface area contributed by atoms with Crippen LogP contribution < -0.4 is 10.5 Å². The van der Waals surface area contributed by atoms with Gasteiger partial charge in [-0.1, -0.05) is 6.42 Å². The van der Waals surface area contributed by atoms with Crippen LogP contribution in [-0.2, 0) is 0 Å². The number of nitrogens with two attached hydrogens (primary N) is 1. The Hall–Kier alpha value is -1.55. The Morgan fingerprint density at radius 1 is 1.33 bits per heavy atom. The highest BCUT2D eigenvalue weighted by Crippen LogP contribution is 2.28. The molecule has 1 aromatic rings. The standard InChI is InChI=1S/C17H26N2O2/c1-11-6-5-7-12(2)19(11)13(3)17(20)14-8-9-16(21-4)15(18)10-14/h8-13H,5-7,18H2,1-4H3. The minimum atomic E-state index is -0.122. The Morgan fingerprint density at radius 2 is 1.95 bits per heavy atom. The van der Waals surface area contributed by atoms with Crippen molar-refractivity contribution in [2.45, 2.75) is 58.2 Å². The van der Waals surface area contributed by atoms with E-state index in [1.54, 1.807) is 25.3 Å². The van der Waals surface area contributed by atoms with E-state index >= 15 is 0 Å². The van der Waals surface area contributed by atoms with Crippen LogP contribution in [0, 0.1) is 0 Å². The summed E-state index contributed by atoms with van der Waals surface area (Å²) in [6.45, 7) is 6.42. The van der Waals surface area contributed by atoms with Crippen molar-refractivity contribution in [3.63, 3.8) is 0 Å². The summed E-state index contributed by atoms with van der Waals surface area (Å²) in [6.07, 6.45) is 3.56. The molecular weight excluding hydrogens is 264 g/mol. The molecule has 0 amide bonds. The summed E-state index contributed by atoms with van der Waals surface area (Å²) in [6, 6.07) is 6.05. The molecule has 0 saturated carbocycles. The number of rotatable bonds is 4. The lowest BCUT2D eigenvalue weighted by Gasteiger charge is -2.42. The van der Waals surface area contributed by atoms with Gasteiger partial charge in [0.1, 0.15) is 5.75 Å². The van der Waals surface area contributed by atoms with Crippen molar-refractivity contribution in [1.82, 2.24) is 4.90 Å². The van der Waals surface area contributed by atoms with E-state index in [1.165, 1.54) is 6.42 Å². The van der Waals surface area contributed by atoms with E-state index in [0.717, 1.165) is 12.8 Å². The summed E-state index contributed by atoms with van der Waals surface area (Å²) in [7, 11) is 1.58. The second kappa shape index (κ2) is 6.48. The Labute approximate surface area is 127 Å². The van der Waals surface area contributed by atoms with Crippen LogP contribution in [0.15, 0.2) is 18.2 Å². The smallest absolute Gasteiger partial charge is 0.179 e. The van der Waals surface area contributed by atoms with Crippen molar-refractivity contribution >= 4 is 11.5 Å². The number of benzene rings is 1. The summed E-state index contributed by atoms with van der Waals surface area (Å²) >= 11 is 0. The summed E-state index contributed by atoms with van der Waals surface area (Å²) in [5.41, 5.74) is 7.08. The zero-order valence-corrected chi connectivity index (χ0v) is 13.4. The lowest BCUT2D eigenvalue weighted by Crippen LogP contribution is -2.51. The molecule has 2 N–H and O–H groups in total. The molecule has 21 heavy (non-hydrogen) atoms. The van der Waals surface area contributed by atoms with Crippen molar-refractivity contribution < 1.29 is 9.53 Å². The number of methoxy groups -OCH3 is 1. The minimum Gasteiger partial charge on any atom is -0.495 e. The topological polar surface area (TPSA) is 55.6 Å². The molecule has 2 rings (SSSR count). The Morgan fingerprint density at radius 3 is 2.48 bits per heavy atom. The van der Waals surface area contributed by atoms with E-state index in [-0.39, 0.29) is 11.8 Å². The van der Waals surface area contributed by atoms with Gasteiger partial charge >= 0.3 is 0 Å². The molecule has 0 radical (unpaired) electrons. The van der Waals surface area contributed by atoms with Crippen molar-refractivity contribution in [3.05, 3.63) is 23.8 Å². The maximum absolute atomic E-state index is 12.7. The number of ketones is 1. The van der Waals surface area contributed by atoms with Gasteiger partial charge in [-0.25, -0.2) is 0 Å². The fourth-order valence-electron chi connectivity index (χ4n) is 3.47. The number of piperidine rings is 1. The molecule has 1 aromatic carbocycles. The number of carbonyl (C=O) groups is 1. The van der Waals surface area contributed by atoms with Gasteiger partial charge in [-0.05, 0) is 51.8 Å². The molecule has 1 heterocycles. The van der Waals surface area contributed by atoms with E-state index in [2.05, 4.69) is 18.7 Å². The molecule has 1 aliphatic heterocycles. The third kappa shape index (κ3) is 3.21. The van der Waals surface area contributed by atoms with Crippen molar-refractivity contribution in [2.75, 3.05) is 12.8 Å². The SMILES string of the molecule is COc1ccc(C(=O)C(C)N2C(C)CCCC2C)cc1N.